The van der Waals surface area contributed by atoms with E-state index in [4.69, 9.17) is 9.15 Å². The highest BCUT2D eigenvalue weighted by atomic mass is 79.9. The van der Waals surface area contributed by atoms with Crippen molar-refractivity contribution in [1.82, 2.24) is 0 Å². The fraction of sp³-hybridized carbons (Fsp3) is 0.0833. The van der Waals surface area contributed by atoms with Crippen molar-refractivity contribution in [2.75, 3.05) is 11.9 Å². The summed E-state index contributed by atoms with van der Waals surface area (Å²) in [5.41, 5.74) is 3.18. The molecule has 0 aliphatic heterocycles. The standard InChI is InChI=1S/C24H18BrN3O4/c1-15-20-13-16(25)7-12-21(20)32-23(15)24(30)31-14-22(29)26-17-8-10-19(11-9-17)28-27-18-5-3-2-4-6-18/h2-13H,14H2,1H3,(H,26,29). The largest absolute Gasteiger partial charge is 0.450 e. The number of halogens is 1. The molecule has 4 rings (SSSR count). The molecule has 0 saturated carbocycles. The summed E-state index contributed by atoms with van der Waals surface area (Å²) >= 11 is 3.40. The minimum Gasteiger partial charge on any atom is -0.450 e. The Bertz CT molecular complexity index is 1300. The Morgan fingerprint density at radius 2 is 1.66 bits per heavy atom. The summed E-state index contributed by atoms with van der Waals surface area (Å²) < 4.78 is 11.6. The monoisotopic (exact) mass is 491 g/mol. The maximum absolute atomic E-state index is 12.4. The van der Waals surface area contributed by atoms with Crippen LogP contribution in [0.3, 0.4) is 0 Å². The summed E-state index contributed by atoms with van der Waals surface area (Å²) in [7, 11) is 0. The van der Waals surface area contributed by atoms with Crippen LogP contribution >= 0.6 is 15.9 Å². The van der Waals surface area contributed by atoms with Crippen molar-refractivity contribution >= 4 is 55.8 Å². The second kappa shape index (κ2) is 9.57. The number of esters is 1. The van der Waals surface area contributed by atoms with Crippen molar-refractivity contribution in [2.24, 2.45) is 10.2 Å². The first-order valence-electron chi connectivity index (χ1n) is 9.72. The molecule has 0 saturated heterocycles. The van der Waals surface area contributed by atoms with E-state index in [1.165, 1.54) is 0 Å². The molecule has 1 aromatic heterocycles. The summed E-state index contributed by atoms with van der Waals surface area (Å²) in [6.45, 7) is 1.33. The number of ether oxygens (including phenoxy) is 1. The van der Waals surface area contributed by atoms with E-state index in [9.17, 15) is 9.59 Å². The SMILES string of the molecule is Cc1c(C(=O)OCC(=O)Nc2ccc(N=Nc3ccccc3)cc2)oc2ccc(Br)cc12. The van der Waals surface area contributed by atoms with E-state index in [1.807, 2.05) is 42.5 Å². The molecule has 1 heterocycles. The van der Waals surface area contributed by atoms with Gasteiger partial charge in [-0.1, -0.05) is 34.1 Å². The molecule has 1 amide bonds. The number of hydrogen-bond acceptors (Lipinski definition) is 6. The third-order valence-electron chi connectivity index (χ3n) is 4.61. The first kappa shape index (κ1) is 21.5. The number of nitrogens with one attached hydrogen (secondary N) is 1. The molecule has 0 radical (unpaired) electrons. The van der Waals surface area contributed by atoms with Gasteiger partial charge in [-0.3, -0.25) is 4.79 Å². The number of carbonyl (C=O) groups excluding carboxylic acids is 2. The number of aryl methyl sites for hydroxylation is 1. The highest BCUT2D eigenvalue weighted by molar-refractivity contribution is 9.10. The number of carbonyl (C=O) groups is 2. The van der Waals surface area contributed by atoms with Crippen LogP contribution in [0.25, 0.3) is 11.0 Å². The Hall–Kier alpha value is -3.78. The van der Waals surface area contributed by atoms with E-state index in [1.54, 1.807) is 37.3 Å². The van der Waals surface area contributed by atoms with Crippen molar-refractivity contribution in [3.05, 3.63) is 88.6 Å². The normalized spacial score (nSPS) is 11.1. The lowest BCUT2D eigenvalue weighted by atomic mass is 10.1. The highest BCUT2D eigenvalue weighted by Crippen LogP contribution is 2.28. The highest BCUT2D eigenvalue weighted by Gasteiger charge is 2.20. The lowest BCUT2D eigenvalue weighted by molar-refractivity contribution is -0.119. The van der Waals surface area contributed by atoms with Gasteiger partial charge in [0.15, 0.2) is 6.61 Å². The average molecular weight is 492 g/mol. The van der Waals surface area contributed by atoms with Crippen LogP contribution in [-0.4, -0.2) is 18.5 Å². The molecule has 0 atom stereocenters. The summed E-state index contributed by atoms with van der Waals surface area (Å²) in [5.74, 6) is -1.07. The number of hydrogen-bond donors (Lipinski definition) is 1. The van der Waals surface area contributed by atoms with Crippen molar-refractivity contribution in [3.8, 4) is 0 Å². The van der Waals surface area contributed by atoms with Gasteiger partial charge in [-0.2, -0.15) is 10.2 Å². The minimum atomic E-state index is -0.693. The van der Waals surface area contributed by atoms with Crippen molar-refractivity contribution in [3.63, 3.8) is 0 Å². The van der Waals surface area contributed by atoms with Gasteiger partial charge in [0, 0.05) is 21.1 Å². The molecule has 0 bridgehead atoms. The predicted octanol–water partition coefficient (Wildman–Crippen LogP) is 6.71. The Balaban J connectivity index is 1.32. The summed E-state index contributed by atoms with van der Waals surface area (Å²) in [4.78, 5) is 24.6. The molecule has 0 fully saturated rings. The van der Waals surface area contributed by atoms with Crippen LogP contribution in [0.2, 0.25) is 0 Å². The molecule has 0 spiro atoms. The molecule has 3 aromatic carbocycles. The fourth-order valence-electron chi connectivity index (χ4n) is 3.00. The Morgan fingerprint density at radius 1 is 0.969 bits per heavy atom. The molecule has 32 heavy (non-hydrogen) atoms. The molecule has 0 aliphatic carbocycles. The van der Waals surface area contributed by atoms with Crippen LogP contribution < -0.4 is 5.32 Å². The van der Waals surface area contributed by atoms with Gasteiger partial charge in [0.25, 0.3) is 5.91 Å². The summed E-state index contributed by atoms with van der Waals surface area (Å²) in [5, 5.41) is 11.8. The maximum atomic E-state index is 12.4. The van der Waals surface area contributed by atoms with Crippen LogP contribution in [0.15, 0.2) is 91.9 Å². The molecule has 160 valence electrons. The van der Waals surface area contributed by atoms with E-state index in [0.717, 1.165) is 15.5 Å². The Kier molecular flexibility index (Phi) is 6.42. The Labute approximate surface area is 192 Å². The van der Waals surface area contributed by atoms with Crippen LogP contribution in [0.5, 0.6) is 0 Å². The number of fused-ring (bicyclic) bond motifs is 1. The summed E-state index contributed by atoms with van der Waals surface area (Å²) in [6, 6.07) is 21.7. The van der Waals surface area contributed by atoms with E-state index >= 15 is 0 Å². The number of amides is 1. The van der Waals surface area contributed by atoms with Gasteiger partial charge in [-0.15, -0.1) is 0 Å². The van der Waals surface area contributed by atoms with Gasteiger partial charge in [0.05, 0.1) is 11.4 Å². The molecular weight excluding hydrogens is 474 g/mol. The van der Waals surface area contributed by atoms with E-state index in [2.05, 4.69) is 31.5 Å². The first-order chi connectivity index (χ1) is 15.5. The van der Waals surface area contributed by atoms with E-state index < -0.39 is 18.5 Å². The molecule has 8 heteroatoms. The number of azo groups is 1. The first-order valence-corrected chi connectivity index (χ1v) is 10.5. The van der Waals surface area contributed by atoms with Crippen molar-refractivity contribution in [1.29, 1.82) is 0 Å². The van der Waals surface area contributed by atoms with Gasteiger partial charge in [-0.25, -0.2) is 4.79 Å². The second-order valence-corrected chi connectivity index (χ2v) is 7.82. The van der Waals surface area contributed by atoms with Crippen molar-refractivity contribution in [2.45, 2.75) is 6.92 Å². The third-order valence-corrected chi connectivity index (χ3v) is 5.10. The zero-order chi connectivity index (χ0) is 22.5. The maximum Gasteiger partial charge on any atom is 0.375 e. The van der Waals surface area contributed by atoms with E-state index in [-0.39, 0.29) is 5.76 Å². The van der Waals surface area contributed by atoms with Gasteiger partial charge in [0.2, 0.25) is 5.76 Å². The molecular formula is C24H18BrN3O4. The topological polar surface area (TPSA) is 93.3 Å². The zero-order valence-electron chi connectivity index (χ0n) is 17.0. The second-order valence-electron chi connectivity index (χ2n) is 6.90. The van der Waals surface area contributed by atoms with Gasteiger partial charge < -0.3 is 14.5 Å². The number of benzene rings is 3. The zero-order valence-corrected chi connectivity index (χ0v) is 18.6. The lowest BCUT2D eigenvalue weighted by Gasteiger charge is -2.06. The van der Waals surface area contributed by atoms with Crippen molar-refractivity contribution < 1.29 is 18.7 Å². The molecule has 0 unspecified atom stereocenters. The number of furan rings is 1. The number of nitrogens with zero attached hydrogens (tertiary/aromatic N) is 2. The molecule has 1 N–H and O–H groups in total. The smallest absolute Gasteiger partial charge is 0.375 e. The quantitative estimate of drug-likeness (QED) is 0.239. The van der Waals surface area contributed by atoms with Crippen LogP contribution in [-0.2, 0) is 9.53 Å². The van der Waals surface area contributed by atoms with Crippen LogP contribution in [0.1, 0.15) is 16.1 Å². The fourth-order valence-corrected chi connectivity index (χ4v) is 3.36. The minimum absolute atomic E-state index is 0.0824. The number of anilines is 1. The predicted molar refractivity (Wildman–Crippen MR) is 125 cm³/mol. The van der Waals surface area contributed by atoms with E-state index in [0.29, 0.717) is 22.5 Å². The van der Waals surface area contributed by atoms with Gasteiger partial charge in [-0.05, 0) is 61.5 Å². The molecule has 4 aromatic rings. The number of rotatable bonds is 6. The third kappa shape index (κ3) is 5.09. The summed E-state index contributed by atoms with van der Waals surface area (Å²) in [6.07, 6.45) is 0. The Morgan fingerprint density at radius 3 is 2.38 bits per heavy atom. The molecule has 0 aliphatic rings. The van der Waals surface area contributed by atoms with Crippen LogP contribution in [0.4, 0.5) is 17.1 Å². The average Bonchev–Trinajstić information content (AvgIpc) is 3.13. The molecule has 7 nitrogen and oxygen atoms in total. The van der Waals surface area contributed by atoms with Gasteiger partial charge in [0.1, 0.15) is 5.58 Å². The van der Waals surface area contributed by atoms with Gasteiger partial charge >= 0.3 is 5.97 Å². The van der Waals surface area contributed by atoms with Crippen LogP contribution in [0, 0.1) is 6.92 Å². The lowest BCUT2D eigenvalue weighted by Crippen LogP contribution is -2.20.